The Morgan fingerprint density at radius 3 is 2.42 bits per heavy atom. The third-order valence-electron chi connectivity index (χ3n) is 2.91. The van der Waals surface area contributed by atoms with Gasteiger partial charge in [-0.1, -0.05) is 19.8 Å². The molecule has 1 rings (SSSR count). The minimum absolute atomic E-state index is 0.605. The topological polar surface area (TPSA) is 24.1 Å². The highest BCUT2D eigenvalue weighted by molar-refractivity contribution is 4.82. The Balaban J connectivity index is 2.05. The van der Waals surface area contributed by atoms with Crippen LogP contribution in [-0.4, -0.2) is 26.7 Å². The van der Waals surface area contributed by atoms with Crippen molar-refractivity contribution in [2.24, 2.45) is 5.41 Å². The summed E-state index contributed by atoms with van der Waals surface area (Å²) in [4.78, 5) is 0. The fourth-order valence-electron chi connectivity index (χ4n) is 2.01. The summed E-state index contributed by atoms with van der Waals surface area (Å²) < 4.78 is 0. The Morgan fingerprint density at radius 2 is 1.83 bits per heavy atom. The molecule has 0 unspecified atom stereocenters. The van der Waals surface area contributed by atoms with Gasteiger partial charge in [0.1, 0.15) is 0 Å². The van der Waals surface area contributed by atoms with E-state index in [0.717, 1.165) is 13.1 Å². The third kappa shape index (κ3) is 3.11. The average molecular weight is 170 g/mol. The summed E-state index contributed by atoms with van der Waals surface area (Å²) in [6, 6.07) is 0. The van der Waals surface area contributed by atoms with Crippen LogP contribution in [0.4, 0.5) is 0 Å². The zero-order valence-electron chi connectivity index (χ0n) is 8.45. The molecule has 0 spiro atoms. The number of hydrogen-bond acceptors (Lipinski definition) is 2. The first-order valence-electron chi connectivity index (χ1n) is 5.12. The largest absolute Gasteiger partial charge is 0.318 e. The highest BCUT2D eigenvalue weighted by atomic mass is 14.9. The van der Waals surface area contributed by atoms with Gasteiger partial charge in [0.05, 0.1) is 0 Å². The predicted molar refractivity (Wildman–Crippen MR) is 53.4 cm³/mol. The zero-order valence-corrected chi connectivity index (χ0v) is 8.45. The van der Waals surface area contributed by atoms with Crippen LogP contribution in [-0.2, 0) is 0 Å². The second kappa shape index (κ2) is 4.83. The maximum Gasteiger partial charge on any atom is 0.00768 e. The monoisotopic (exact) mass is 170 g/mol. The fourth-order valence-corrected chi connectivity index (χ4v) is 2.01. The molecule has 0 radical (unpaired) electrons. The summed E-state index contributed by atoms with van der Waals surface area (Å²) in [5.74, 6) is 0. The molecule has 1 saturated carbocycles. The molecule has 12 heavy (non-hydrogen) atoms. The Bertz CT molecular complexity index is 117. The van der Waals surface area contributed by atoms with Crippen LogP contribution in [0.5, 0.6) is 0 Å². The van der Waals surface area contributed by atoms with E-state index in [1.54, 1.807) is 0 Å². The first-order valence-corrected chi connectivity index (χ1v) is 5.12. The minimum atomic E-state index is 0.605. The highest BCUT2D eigenvalue weighted by Gasteiger charge is 2.27. The van der Waals surface area contributed by atoms with Gasteiger partial charge in [0, 0.05) is 19.6 Å². The van der Waals surface area contributed by atoms with Gasteiger partial charge in [-0.3, -0.25) is 0 Å². The lowest BCUT2D eigenvalue weighted by atomic mass is 9.89. The van der Waals surface area contributed by atoms with Gasteiger partial charge in [0.15, 0.2) is 0 Å². The van der Waals surface area contributed by atoms with Crippen LogP contribution in [0.1, 0.15) is 32.6 Å². The van der Waals surface area contributed by atoms with Gasteiger partial charge < -0.3 is 10.6 Å². The molecule has 1 aliphatic carbocycles. The van der Waals surface area contributed by atoms with E-state index in [-0.39, 0.29) is 0 Å². The van der Waals surface area contributed by atoms with Crippen molar-refractivity contribution in [3.63, 3.8) is 0 Å². The summed E-state index contributed by atoms with van der Waals surface area (Å²) in [5, 5.41) is 6.65. The van der Waals surface area contributed by atoms with Crippen LogP contribution in [0.15, 0.2) is 0 Å². The molecular formula is C10H22N2. The molecule has 72 valence electrons. The van der Waals surface area contributed by atoms with Crippen LogP contribution in [0.25, 0.3) is 0 Å². The molecule has 2 nitrogen and oxygen atoms in total. The molecule has 0 aliphatic heterocycles. The van der Waals surface area contributed by atoms with E-state index < -0.39 is 0 Å². The van der Waals surface area contributed by atoms with Crippen molar-refractivity contribution in [2.75, 3.05) is 26.7 Å². The van der Waals surface area contributed by atoms with Crippen molar-refractivity contribution in [1.29, 1.82) is 0 Å². The molecule has 0 atom stereocenters. The van der Waals surface area contributed by atoms with Crippen molar-refractivity contribution in [1.82, 2.24) is 10.6 Å². The Morgan fingerprint density at radius 1 is 1.17 bits per heavy atom. The minimum Gasteiger partial charge on any atom is -0.318 e. The first-order chi connectivity index (χ1) is 5.77. The van der Waals surface area contributed by atoms with Crippen molar-refractivity contribution in [3.05, 3.63) is 0 Å². The lowest BCUT2D eigenvalue weighted by molar-refractivity contribution is 0.316. The quantitative estimate of drug-likeness (QED) is 0.609. The Kier molecular flexibility index (Phi) is 4.02. The van der Waals surface area contributed by atoms with Crippen molar-refractivity contribution >= 4 is 0 Å². The van der Waals surface area contributed by atoms with Crippen LogP contribution < -0.4 is 10.6 Å². The summed E-state index contributed by atoms with van der Waals surface area (Å²) >= 11 is 0. The van der Waals surface area contributed by atoms with Crippen molar-refractivity contribution in [2.45, 2.75) is 32.6 Å². The van der Waals surface area contributed by atoms with E-state index in [1.165, 1.54) is 32.2 Å². The summed E-state index contributed by atoms with van der Waals surface area (Å²) in [7, 11) is 2.00. The van der Waals surface area contributed by atoms with E-state index in [0.29, 0.717) is 5.41 Å². The number of hydrogen-bond donors (Lipinski definition) is 2. The van der Waals surface area contributed by atoms with E-state index in [9.17, 15) is 0 Å². The fraction of sp³-hybridized carbons (Fsp3) is 1.00. The van der Waals surface area contributed by atoms with E-state index in [2.05, 4.69) is 17.6 Å². The molecular weight excluding hydrogens is 148 g/mol. The van der Waals surface area contributed by atoms with E-state index in [1.807, 2.05) is 7.05 Å². The standard InChI is InChI=1S/C10H22N2/c1-10(5-3-4-6-10)9-12-8-7-11-2/h11-12H,3-9H2,1-2H3. The molecule has 0 bridgehead atoms. The first kappa shape index (κ1) is 10.0. The predicted octanol–water partition coefficient (Wildman–Crippen LogP) is 1.38. The molecule has 0 aromatic heterocycles. The smallest absolute Gasteiger partial charge is 0.00768 e. The third-order valence-corrected chi connectivity index (χ3v) is 2.91. The van der Waals surface area contributed by atoms with Crippen LogP contribution in [0.2, 0.25) is 0 Å². The number of rotatable bonds is 5. The summed E-state index contributed by atoms with van der Waals surface area (Å²) in [6.07, 6.45) is 5.70. The van der Waals surface area contributed by atoms with Gasteiger partial charge in [-0.05, 0) is 25.3 Å². The lowest BCUT2D eigenvalue weighted by Gasteiger charge is -2.23. The maximum atomic E-state index is 3.51. The molecule has 0 saturated heterocycles. The van der Waals surface area contributed by atoms with Crippen molar-refractivity contribution < 1.29 is 0 Å². The summed E-state index contributed by atoms with van der Waals surface area (Å²) in [5.41, 5.74) is 0.605. The molecule has 0 aromatic carbocycles. The normalized spacial score (nSPS) is 21.5. The van der Waals surface area contributed by atoms with Crippen LogP contribution in [0, 0.1) is 5.41 Å². The van der Waals surface area contributed by atoms with Gasteiger partial charge >= 0.3 is 0 Å². The second-order valence-corrected chi connectivity index (χ2v) is 4.30. The van der Waals surface area contributed by atoms with Crippen LogP contribution >= 0.6 is 0 Å². The molecule has 2 N–H and O–H groups in total. The van der Waals surface area contributed by atoms with Gasteiger partial charge in [-0.25, -0.2) is 0 Å². The molecule has 1 fully saturated rings. The second-order valence-electron chi connectivity index (χ2n) is 4.30. The molecule has 1 aliphatic rings. The van der Waals surface area contributed by atoms with Crippen LogP contribution in [0.3, 0.4) is 0 Å². The average Bonchev–Trinajstić information content (AvgIpc) is 2.47. The molecule has 0 aromatic rings. The zero-order chi connectivity index (χ0) is 8.86. The van der Waals surface area contributed by atoms with E-state index >= 15 is 0 Å². The van der Waals surface area contributed by atoms with Gasteiger partial charge in [-0.15, -0.1) is 0 Å². The maximum absolute atomic E-state index is 3.51. The van der Waals surface area contributed by atoms with Crippen molar-refractivity contribution in [3.8, 4) is 0 Å². The highest BCUT2D eigenvalue weighted by Crippen LogP contribution is 2.36. The Hall–Kier alpha value is -0.0800. The molecule has 2 heteroatoms. The number of likely N-dealkylation sites (N-methyl/N-ethyl adjacent to an activating group) is 1. The number of nitrogens with one attached hydrogen (secondary N) is 2. The molecule has 0 amide bonds. The van der Waals surface area contributed by atoms with Gasteiger partial charge in [0.2, 0.25) is 0 Å². The van der Waals surface area contributed by atoms with Gasteiger partial charge in [0.25, 0.3) is 0 Å². The SMILES string of the molecule is CNCCNCC1(C)CCCC1. The summed E-state index contributed by atoms with van der Waals surface area (Å²) in [6.45, 7) is 5.79. The lowest BCUT2D eigenvalue weighted by Crippen LogP contribution is -2.33. The Labute approximate surface area is 76.1 Å². The van der Waals surface area contributed by atoms with E-state index in [4.69, 9.17) is 0 Å². The van der Waals surface area contributed by atoms with Gasteiger partial charge in [-0.2, -0.15) is 0 Å². The molecule has 0 heterocycles.